The molecule has 0 nitrogen and oxygen atoms in total. The second kappa shape index (κ2) is 22.4. The Hall–Kier alpha value is 0.410. The molecule has 0 fully saturated rings. The van der Waals surface area contributed by atoms with E-state index in [1.54, 1.807) is 0 Å². The van der Waals surface area contributed by atoms with Gasteiger partial charge in [0.2, 0.25) is 0 Å². The van der Waals surface area contributed by atoms with Gasteiger partial charge in [-0.2, -0.15) is 0 Å². The molecule has 0 atom stereocenters. The number of hydrogen-bond donors (Lipinski definition) is 0. The highest BCUT2D eigenvalue weighted by Gasteiger charge is 1.83. The molecule has 0 aliphatic rings. The number of halogens is 2. The van der Waals surface area contributed by atoms with Crippen molar-refractivity contribution < 1.29 is 4.39 Å². The highest BCUT2D eigenvalue weighted by molar-refractivity contribution is 8.93. The summed E-state index contributed by atoms with van der Waals surface area (Å²) in [5.41, 5.74) is 0. The van der Waals surface area contributed by atoms with Crippen molar-refractivity contribution >= 4 is 17.0 Å². The molecule has 0 radical (unpaired) electrons. The van der Waals surface area contributed by atoms with E-state index in [1.807, 2.05) is 0 Å². The van der Waals surface area contributed by atoms with Crippen molar-refractivity contribution in [3.8, 4) is 0 Å². The van der Waals surface area contributed by atoms with Gasteiger partial charge in [-0.05, 0) is 0 Å². The summed E-state index contributed by atoms with van der Waals surface area (Å²) < 4.78 is 9.50. The minimum atomic E-state index is 0. The highest BCUT2D eigenvalue weighted by atomic mass is 79.9. The van der Waals surface area contributed by atoms with E-state index in [-0.39, 0.29) is 17.0 Å². The summed E-state index contributed by atoms with van der Waals surface area (Å²) in [6, 6.07) is 0. The van der Waals surface area contributed by atoms with Crippen LogP contribution in [-0.4, -0.2) is 7.18 Å². The van der Waals surface area contributed by atoms with Crippen molar-refractivity contribution in [3.63, 3.8) is 0 Å². The van der Waals surface area contributed by atoms with Crippen LogP contribution in [0.25, 0.3) is 0 Å². The third-order valence-corrected chi connectivity index (χ3v) is 1.46. The molecule has 0 aromatic heterocycles. The van der Waals surface area contributed by atoms with Gasteiger partial charge in [0.15, 0.2) is 0 Å². The highest BCUT2D eigenvalue weighted by Crippen LogP contribution is 2.03. The summed E-state index contributed by atoms with van der Waals surface area (Å²) in [6.07, 6.45) is 8.49. The van der Waals surface area contributed by atoms with E-state index in [4.69, 9.17) is 0 Å². The maximum atomic E-state index is 9.50. The first-order chi connectivity index (χ1) is 4.91. The molecule has 0 aromatic rings. The molecule has 0 amide bonds. The number of unbranched alkanes of at least 4 members (excludes halogenated alkanes) is 5. The third kappa shape index (κ3) is 25.2. The summed E-state index contributed by atoms with van der Waals surface area (Å²) in [5, 5.41) is 0. The molecule has 0 spiro atoms. The molecule has 11 heavy (non-hydrogen) atoms. The van der Waals surface area contributed by atoms with Gasteiger partial charge in [-0.1, -0.05) is 52.4 Å². The van der Waals surface area contributed by atoms with E-state index >= 15 is 0 Å². The van der Waals surface area contributed by atoms with E-state index in [1.165, 1.54) is 38.5 Å². The standard InChI is InChI=1S/C8H18.CH3F.BrH/c1-3-5-7-8-6-4-2;1-2;/h3-8H2,1-2H3;1H3;1H. The Labute approximate surface area is 81.3 Å². The Morgan fingerprint density at radius 2 is 1.00 bits per heavy atom. The fraction of sp³-hybridized carbons (Fsp3) is 1.00. The van der Waals surface area contributed by atoms with Gasteiger partial charge >= 0.3 is 0 Å². The molecule has 72 valence electrons. The maximum absolute atomic E-state index is 9.50. The van der Waals surface area contributed by atoms with E-state index in [9.17, 15) is 4.39 Å². The lowest BCUT2D eigenvalue weighted by molar-refractivity contribution is 0.624. The Morgan fingerprint density at radius 3 is 1.18 bits per heavy atom. The van der Waals surface area contributed by atoms with Gasteiger partial charge < -0.3 is 0 Å². The maximum Gasteiger partial charge on any atom is 0.0785 e. The molecular formula is C9H22BrF. The van der Waals surface area contributed by atoms with Crippen molar-refractivity contribution in [2.24, 2.45) is 0 Å². The zero-order valence-corrected chi connectivity index (χ0v) is 9.74. The molecule has 0 aliphatic heterocycles. The van der Waals surface area contributed by atoms with E-state index in [0.717, 1.165) is 0 Å². The van der Waals surface area contributed by atoms with Gasteiger partial charge in [0.25, 0.3) is 0 Å². The number of hydrogen-bond acceptors (Lipinski definition) is 0. The van der Waals surface area contributed by atoms with Crippen molar-refractivity contribution in [1.82, 2.24) is 0 Å². The summed E-state index contributed by atoms with van der Waals surface area (Å²) in [4.78, 5) is 0. The lowest BCUT2D eigenvalue weighted by Crippen LogP contribution is -1.73. The molecule has 0 saturated heterocycles. The largest absolute Gasteiger partial charge is 0.255 e. The summed E-state index contributed by atoms with van der Waals surface area (Å²) in [7, 11) is 0.500. The SMILES string of the molecule is Br.CCCCCCCC.CF. The first-order valence-corrected chi connectivity index (χ1v) is 4.29. The van der Waals surface area contributed by atoms with Crippen LogP contribution in [-0.2, 0) is 0 Å². The molecule has 0 N–H and O–H groups in total. The average molecular weight is 229 g/mol. The molecule has 0 bridgehead atoms. The summed E-state index contributed by atoms with van der Waals surface area (Å²) in [5.74, 6) is 0. The molecule has 0 aromatic carbocycles. The number of rotatable bonds is 5. The molecule has 0 unspecified atom stereocenters. The van der Waals surface area contributed by atoms with Gasteiger partial charge in [0.05, 0.1) is 7.18 Å². The van der Waals surface area contributed by atoms with Crippen molar-refractivity contribution in [2.75, 3.05) is 7.18 Å². The van der Waals surface area contributed by atoms with Gasteiger partial charge in [-0.3, -0.25) is 4.39 Å². The smallest absolute Gasteiger partial charge is 0.0785 e. The van der Waals surface area contributed by atoms with Crippen LogP contribution in [0.4, 0.5) is 4.39 Å². The minimum Gasteiger partial charge on any atom is -0.255 e. The fourth-order valence-corrected chi connectivity index (χ4v) is 0.854. The van der Waals surface area contributed by atoms with Crippen LogP contribution in [0.2, 0.25) is 0 Å². The van der Waals surface area contributed by atoms with Crippen LogP contribution >= 0.6 is 17.0 Å². The molecule has 0 saturated carbocycles. The van der Waals surface area contributed by atoms with Gasteiger partial charge in [0, 0.05) is 0 Å². The number of alkyl halides is 1. The zero-order chi connectivity index (χ0) is 8.24. The predicted molar refractivity (Wildman–Crippen MR) is 56.4 cm³/mol. The quantitative estimate of drug-likeness (QED) is 0.607. The molecule has 2 heteroatoms. The Balaban J connectivity index is -0.000000196. The van der Waals surface area contributed by atoms with E-state index in [2.05, 4.69) is 13.8 Å². The zero-order valence-electron chi connectivity index (χ0n) is 8.03. The first-order valence-electron chi connectivity index (χ1n) is 4.29. The minimum absolute atomic E-state index is 0. The normalized spacial score (nSPS) is 7.64. The molecular weight excluding hydrogens is 207 g/mol. The van der Waals surface area contributed by atoms with Crippen molar-refractivity contribution in [2.45, 2.75) is 52.4 Å². The van der Waals surface area contributed by atoms with Gasteiger partial charge in [-0.25, -0.2) is 0 Å². The fourth-order valence-electron chi connectivity index (χ4n) is 0.854. The summed E-state index contributed by atoms with van der Waals surface area (Å²) >= 11 is 0. The van der Waals surface area contributed by atoms with Crippen LogP contribution in [0.1, 0.15) is 52.4 Å². The van der Waals surface area contributed by atoms with Crippen LogP contribution in [0.15, 0.2) is 0 Å². The average Bonchev–Trinajstić information content (AvgIpc) is 2.02. The molecule has 0 heterocycles. The first kappa shape index (κ1) is 17.5. The third-order valence-electron chi connectivity index (χ3n) is 1.46. The Bertz CT molecular complexity index is 34.5. The van der Waals surface area contributed by atoms with E-state index < -0.39 is 0 Å². The second-order valence-electron chi connectivity index (χ2n) is 2.41. The van der Waals surface area contributed by atoms with Crippen molar-refractivity contribution in [1.29, 1.82) is 0 Å². The lowest BCUT2D eigenvalue weighted by Gasteiger charge is -1.93. The topological polar surface area (TPSA) is 0 Å². The predicted octanol–water partition coefficient (Wildman–Crippen LogP) is 4.53. The lowest BCUT2D eigenvalue weighted by atomic mass is 10.1. The van der Waals surface area contributed by atoms with Crippen LogP contribution in [0, 0.1) is 0 Å². The second-order valence-corrected chi connectivity index (χ2v) is 2.41. The van der Waals surface area contributed by atoms with Crippen LogP contribution < -0.4 is 0 Å². The van der Waals surface area contributed by atoms with Crippen molar-refractivity contribution in [3.05, 3.63) is 0 Å². The van der Waals surface area contributed by atoms with Crippen LogP contribution in [0.5, 0.6) is 0 Å². The van der Waals surface area contributed by atoms with Crippen LogP contribution in [0.3, 0.4) is 0 Å². The van der Waals surface area contributed by atoms with E-state index in [0.29, 0.717) is 7.18 Å². The Morgan fingerprint density at radius 1 is 0.727 bits per heavy atom. The molecule has 0 rings (SSSR count). The Kier molecular flexibility index (Phi) is 35.7. The monoisotopic (exact) mass is 228 g/mol. The van der Waals surface area contributed by atoms with Gasteiger partial charge in [-0.15, -0.1) is 17.0 Å². The summed E-state index contributed by atoms with van der Waals surface area (Å²) in [6.45, 7) is 4.51. The molecule has 0 aliphatic carbocycles. The van der Waals surface area contributed by atoms with Gasteiger partial charge in [0.1, 0.15) is 0 Å².